The highest BCUT2D eigenvalue weighted by Crippen LogP contribution is 2.38. The fraction of sp³-hybridized carbons (Fsp3) is 0.750. The van der Waals surface area contributed by atoms with E-state index in [1.807, 2.05) is 11.0 Å². The van der Waals surface area contributed by atoms with Gasteiger partial charge in [-0.3, -0.25) is 14.7 Å². The zero-order valence-electron chi connectivity index (χ0n) is 15.9. The van der Waals surface area contributed by atoms with Gasteiger partial charge in [-0.2, -0.15) is 5.10 Å². The molecular formula is C20H30N4O2. The Bertz CT molecular complexity index is 683. The van der Waals surface area contributed by atoms with Gasteiger partial charge in [0, 0.05) is 37.8 Å². The van der Waals surface area contributed by atoms with Crippen LogP contribution in [-0.2, 0) is 11.2 Å². The molecule has 0 aliphatic carbocycles. The van der Waals surface area contributed by atoms with E-state index >= 15 is 0 Å². The lowest BCUT2D eigenvalue weighted by molar-refractivity contribution is -0.144. The summed E-state index contributed by atoms with van der Waals surface area (Å²) in [7, 11) is 0. The molecule has 4 rings (SSSR count). The van der Waals surface area contributed by atoms with Crippen molar-refractivity contribution in [1.82, 2.24) is 20.0 Å². The first-order valence-electron chi connectivity index (χ1n) is 10.1. The van der Waals surface area contributed by atoms with Crippen LogP contribution in [0.25, 0.3) is 0 Å². The second-order valence-electron chi connectivity index (χ2n) is 8.79. The zero-order valence-corrected chi connectivity index (χ0v) is 15.9. The maximum Gasteiger partial charge on any atom is 0.274 e. The molecule has 3 atom stereocenters. The molecule has 3 saturated heterocycles. The highest BCUT2D eigenvalue weighted by Gasteiger charge is 2.45. The van der Waals surface area contributed by atoms with E-state index in [9.17, 15) is 9.59 Å². The molecule has 1 N–H and O–H groups in total. The highest BCUT2D eigenvalue weighted by molar-refractivity contribution is 5.92. The van der Waals surface area contributed by atoms with Crippen molar-refractivity contribution in [2.75, 3.05) is 19.6 Å². The normalized spacial score (nSPS) is 28.4. The van der Waals surface area contributed by atoms with E-state index in [0.29, 0.717) is 41.8 Å². The Morgan fingerprint density at radius 1 is 1.35 bits per heavy atom. The first-order chi connectivity index (χ1) is 12.5. The summed E-state index contributed by atoms with van der Waals surface area (Å²) < 4.78 is 0. The SMILES string of the molecule is CC(C)CCc1cc(C(=O)N2C[C@H]3C[C@@H](C2)[C@H]2CCCC(=O)N2C3)n[nH]1. The number of carbonyl (C=O) groups is 2. The minimum absolute atomic E-state index is 0.0438. The highest BCUT2D eigenvalue weighted by atomic mass is 16.2. The fourth-order valence-corrected chi connectivity index (χ4v) is 4.98. The summed E-state index contributed by atoms with van der Waals surface area (Å²) in [5.41, 5.74) is 1.59. The van der Waals surface area contributed by atoms with Crippen molar-refractivity contribution in [1.29, 1.82) is 0 Å². The third-order valence-electron chi connectivity index (χ3n) is 6.31. The maximum absolute atomic E-state index is 13.0. The summed E-state index contributed by atoms with van der Waals surface area (Å²) in [5.74, 6) is 1.84. The molecule has 4 heterocycles. The quantitative estimate of drug-likeness (QED) is 0.899. The molecule has 2 bridgehead atoms. The molecule has 3 aliphatic heterocycles. The zero-order chi connectivity index (χ0) is 18.3. The van der Waals surface area contributed by atoms with Crippen molar-refractivity contribution in [3.8, 4) is 0 Å². The molecule has 0 radical (unpaired) electrons. The van der Waals surface area contributed by atoms with Gasteiger partial charge in [0.1, 0.15) is 5.69 Å². The van der Waals surface area contributed by atoms with Crippen LogP contribution < -0.4 is 0 Å². The summed E-state index contributed by atoms with van der Waals surface area (Å²) in [6.07, 6.45) is 5.96. The number of nitrogens with one attached hydrogen (secondary N) is 1. The lowest BCUT2D eigenvalue weighted by Gasteiger charge is -2.52. The average molecular weight is 358 g/mol. The standard InChI is InChI=1S/C20H30N4O2/c1-13(2)6-7-16-9-17(22-21-16)20(26)23-10-14-8-15(12-23)18-4-3-5-19(25)24(18)11-14/h9,13-15,18H,3-8,10-12H2,1-2H3,(H,21,22)/t14-,15+,18-/m1/s1. The summed E-state index contributed by atoms with van der Waals surface area (Å²) >= 11 is 0. The molecule has 3 fully saturated rings. The molecule has 0 unspecified atom stereocenters. The van der Waals surface area contributed by atoms with Crippen LogP contribution in [0.15, 0.2) is 6.07 Å². The van der Waals surface area contributed by atoms with Crippen molar-refractivity contribution >= 4 is 11.8 Å². The van der Waals surface area contributed by atoms with E-state index in [0.717, 1.165) is 57.4 Å². The van der Waals surface area contributed by atoms with Gasteiger partial charge in [-0.25, -0.2) is 0 Å². The molecule has 0 spiro atoms. The Balaban J connectivity index is 1.43. The van der Waals surface area contributed by atoms with Crippen molar-refractivity contribution in [2.45, 2.75) is 58.4 Å². The minimum atomic E-state index is 0.0438. The molecule has 0 saturated carbocycles. The van der Waals surface area contributed by atoms with Crippen molar-refractivity contribution < 1.29 is 9.59 Å². The first kappa shape index (κ1) is 17.6. The summed E-state index contributed by atoms with van der Waals surface area (Å²) in [6, 6.07) is 2.26. The number of rotatable bonds is 4. The van der Waals surface area contributed by atoms with Crippen molar-refractivity contribution in [3.05, 3.63) is 17.5 Å². The van der Waals surface area contributed by atoms with Gasteiger partial charge in [-0.15, -0.1) is 0 Å². The number of nitrogens with zero attached hydrogens (tertiary/aromatic N) is 3. The molecule has 1 aromatic heterocycles. The van der Waals surface area contributed by atoms with Crippen molar-refractivity contribution in [3.63, 3.8) is 0 Å². The molecule has 142 valence electrons. The van der Waals surface area contributed by atoms with Gasteiger partial charge in [0.2, 0.25) is 5.91 Å². The number of likely N-dealkylation sites (tertiary alicyclic amines) is 1. The van der Waals surface area contributed by atoms with Crippen LogP contribution in [0.1, 0.15) is 62.1 Å². The van der Waals surface area contributed by atoms with E-state index in [1.165, 1.54) is 0 Å². The number of amides is 2. The second kappa shape index (κ2) is 7.05. The van der Waals surface area contributed by atoms with Gasteiger partial charge < -0.3 is 9.80 Å². The molecular weight excluding hydrogens is 328 g/mol. The lowest BCUT2D eigenvalue weighted by Crippen LogP contribution is -2.61. The average Bonchev–Trinajstić information content (AvgIpc) is 3.09. The van der Waals surface area contributed by atoms with Crippen LogP contribution >= 0.6 is 0 Å². The largest absolute Gasteiger partial charge is 0.339 e. The fourth-order valence-electron chi connectivity index (χ4n) is 4.98. The summed E-state index contributed by atoms with van der Waals surface area (Å²) in [6.45, 7) is 6.74. The van der Waals surface area contributed by atoms with E-state index in [2.05, 4.69) is 28.9 Å². The lowest BCUT2D eigenvalue weighted by atomic mass is 9.76. The summed E-state index contributed by atoms with van der Waals surface area (Å²) in [5, 5.41) is 7.31. The van der Waals surface area contributed by atoms with Gasteiger partial charge in [-0.05, 0) is 55.9 Å². The van der Waals surface area contributed by atoms with Crippen LogP contribution in [0.4, 0.5) is 0 Å². The van der Waals surface area contributed by atoms with E-state index in [-0.39, 0.29) is 5.91 Å². The molecule has 2 amide bonds. The number of aromatic amines is 1. The topological polar surface area (TPSA) is 69.3 Å². The number of aromatic nitrogens is 2. The van der Waals surface area contributed by atoms with Crippen LogP contribution in [0.2, 0.25) is 0 Å². The second-order valence-corrected chi connectivity index (χ2v) is 8.79. The number of hydrogen-bond donors (Lipinski definition) is 1. The molecule has 3 aliphatic rings. The third kappa shape index (κ3) is 3.38. The molecule has 1 aromatic rings. The number of H-pyrrole nitrogens is 1. The number of carbonyl (C=O) groups excluding carboxylic acids is 2. The van der Waals surface area contributed by atoms with Gasteiger partial charge >= 0.3 is 0 Å². The van der Waals surface area contributed by atoms with Gasteiger partial charge in [0.05, 0.1) is 0 Å². The third-order valence-corrected chi connectivity index (χ3v) is 6.31. The van der Waals surface area contributed by atoms with Crippen LogP contribution in [0, 0.1) is 17.8 Å². The Morgan fingerprint density at radius 2 is 2.19 bits per heavy atom. The smallest absolute Gasteiger partial charge is 0.274 e. The molecule has 0 aromatic carbocycles. The minimum Gasteiger partial charge on any atom is -0.339 e. The van der Waals surface area contributed by atoms with Crippen LogP contribution in [0.5, 0.6) is 0 Å². The number of aryl methyl sites for hydroxylation is 1. The van der Waals surface area contributed by atoms with Gasteiger partial charge in [0.25, 0.3) is 5.91 Å². The predicted molar refractivity (Wildman–Crippen MR) is 98.6 cm³/mol. The first-order valence-corrected chi connectivity index (χ1v) is 10.1. The van der Waals surface area contributed by atoms with Crippen LogP contribution in [-0.4, -0.2) is 57.5 Å². The Labute approximate surface area is 155 Å². The van der Waals surface area contributed by atoms with E-state index < -0.39 is 0 Å². The monoisotopic (exact) mass is 358 g/mol. The number of fused-ring (bicyclic) bond motifs is 4. The number of piperidine rings is 3. The van der Waals surface area contributed by atoms with Gasteiger partial charge in [-0.1, -0.05) is 13.8 Å². The Morgan fingerprint density at radius 3 is 3.00 bits per heavy atom. The van der Waals surface area contributed by atoms with Crippen LogP contribution in [0.3, 0.4) is 0 Å². The number of hydrogen-bond acceptors (Lipinski definition) is 3. The Kier molecular flexibility index (Phi) is 4.76. The summed E-state index contributed by atoms with van der Waals surface area (Å²) in [4.78, 5) is 29.3. The molecule has 26 heavy (non-hydrogen) atoms. The maximum atomic E-state index is 13.0. The Hall–Kier alpha value is -1.85. The van der Waals surface area contributed by atoms with E-state index in [4.69, 9.17) is 0 Å². The molecule has 6 nitrogen and oxygen atoms in total. The van der Waals surface area contributed by atoms with Gasteiger partial charge in [0.15, 0.2) is 0 Å². The predicted octanol–water partition coefficient (Wildman–Crippen LogP) is 2.47. The molecule has 6 heteroatoms. The van der Waals surface area contributed by atoms with Crippen molar-refractivity contribution in [2.24, 2.45) is 17.8 Å². The van der Waals surface area contributed by atoms with E-state index in [1.54, 1.807) is 0 Å².